The van der Waals surface area contributed by atoms with Gasteiger partial charge in [-0.25, -0.2) is 8.42 Å². The first-order valence-corrected chi connectivity index (χ1v) is 11.8. The Balaban J connectivity index is 1.61. The number of benzene rings is 2. The summed E-state index contributed by atoms with van der Waals surface area (Å²) in [5.41, 5.74) is 4.79. The van der Waals surface area contributed by atoms with Gasteiger partial charge >= 0.3 is 0 Å². The molecule has 2 heterocycles. The Morgan fingerprint density at radius 3 is 2.43 bits per heavy atom. The normalized spacial score (nSPS) is 13.7. The van der Waals surface area contributed by atoms with Gasteiger partial charge in [0.2, 0.25) is 0 Å². The van der Waals surface area contributed by atoms with Crippen molar-refractivity contribution in [3.8, 4) is 22.5 Å². The summed E-state index contributed by atoms with van der Waals surface area (Å²) >= 11 is 0. The maximum absolute atomic E-state index is 12.4. The molecule has 7 heteroatoms. The number of hydrogen-bond donors (Lipinski definition) is 1. The van der Waals surface area contributed by atoms with Crippen LogP contribution in [0.15, 0.2) is 59.0 Å². The Morgan fingerprint density at radius 1 is 0.967 bits per heavy atom. The van der Waals surface area contributed by atoms with Gasteiger partial charge in [0, 0.05) is 37.5 Å². The summed E-state index contributed by atoms with van der Waals surface area (Å²) in [5.74, 6) is 1.61. The fraction of sp³-hybridized carbons (Fsp3) is 0.261. The molecule has 1 N–H and O–H groups in total. The van der Waals surface area contributed by atoms with Gasteiger partial charge in [0.1, 0.15) is 21.4 Å². The predicted octanol–water partition coefficient (Wildman–Crippen LogP) is 3.33. The van der Waals surface area contributed by atoms with E-state index in [1.165, 1.54) is 6.26 Å². The van der Waals surface area contributed by atoms with Crippen LogP contribution >= 0.6 is 0 Å². The van der Waals surface area contributed by atoms with E-state index in [0.717, 1.165) is 39.3 Å². The van der Waals surface area contributed by atoms with Crippen LogP contribution in [-0.2, 0) is 22.9 Å². The van der Waals surface area contributed by atoms with Crippen LogP contribution < -0.4 is 5.32 Å². The topological polar surface area (TPSA) is 79.6 Å². The fourth-order valence-electron chi connectivity index (χ4n) is 3.74. The monoisotopic (exact) mass is 424 g/mol. The van der Waals surface area contributed by atoms with Crippen molar-refractivity contribution in [2.45, 2.75) is 13.1 Å². The lowest BCUT2D eigenvalue weighted by molar-refractivity contribution is 0.0816. The second-order valence-corrected chi connectivity index (χ2v) is 9.87. The third-order valence-electron chi connectivity index (χ3n) is 5.24. The van der Waals surface area contributed by atoms with E-state index in [1.807, 2.05) is 61.6 Å². The molecule has 0 atom stereocenters. The zero-order valence-electron chi connectivity index (χ0n) is 17.0. The van der Waals surface area contributed by atoms with Crippen LogP contribution in [0.5, 0.6) is 0 Å². The molecule has 0 fully saturated rings. The molecule has 0 aliphatic carbocycles. The molecule has 0 radical (unpaired) electrons. The van der Waals surface area contributed by atoms with Crippen molar-refractivity contribution in [3.05, 3.63) is 71.5 Å². The Bertz CT molecular complexity index is 1200. The van der Waals surface area contributed by atoms with Crippen molar-refractivity contribution in [1.29, 1.82) is 0 Å². The van der Waals surface area contributed by atoms with Gasteiger partial charge in [0.05, 0.1) is 12.3 Å². The molecule has 0 spiro atoms. The van der Waals surface area contributed by atoms with E-state index >= 15 is 0 Å². The lowest BCUT2D eigenvalue weighted by atomic mass is 9.92. The van der Waals surface area contributed by atoms with Gasteiger partial charge in [-0.05, 0) is 34.9 Å². The molecule has 3 aromatic rings. The van der Waals surface area contributed by atoms with Crippen molar-refractivity contribution in [1.82, 2.24) is 10.2 Å². The minimum atomic E-state index is -2.99. The average Bonchev–Trinajstić information content (AvgIpc) is 3.29. The van der Waals surface area contributed by atoms with Gasteiger partial charge in [0.15, 0.2) is 0 Å². The first-order chi connectivity index (χ1) is 14.3. The van der Waals surface area contributed by atoms with E-state index in [0.29, 0.717) is 19.6 Å². The number of amides is 1. The molecule has 2 aromatic carbocycles. The quantitative estimate of drug-likeness (QED) is 0.589. The molecule has 1 aromatic heterocycles. The van der Waals surface area contributed by atoms with Crippen LogP contribution in [0.1, 0.15) is 21.7 Å². The minimum absolute atomic E-state index is 0.0461. The third kappa shape index (κ3) is 4.17. The second kappa shape index (κ2) is 8.08. The van der Waals surface area contributed by atoms with Crippen molar-refractivity contribution >= 4 is 15.7 Å². The first-order valence-electron chi connectivity index (χ1n) is 9.78. The summed E-state index contributed by atoms with van der Waals surface area (Å²) in [6, 6.07) is 17.7. The number of carbonyl (C=O) groups is 1. The maximum atomic E-state index is 12.4. The Hall–Kier alpha value is -2.90. The lowest BCUT2D eigenvalue weighted by Crippen LogP contribution is -2.21. The fourth-order valence-corrected chi connectivity index (χ4v) is 4.26. The number of rotatable bonds is 7. The largest absolute Gasteiger partial charge is 0.460 e. The Morgan fingerprint density at radius 2 is 1.67 bits per heavy atom. The molecule has 4 rings (SSSR count). The number of carbonyl (C=O) groups excluding carboxylic acids is 1. The number of furan rings is 1. The second-order valence-electron chi connectivity index (χ2n) is 7.61. The smallest absolute Gasteiger partial charge is 0.254 e. The minimum Gasteiger partial charge on any atom is -0.460 e. The van der Waals surface area contributed by atoms with Crippen LogP contribution in [0.3, 0.4) is 0 Å². The van der Waals surface area contributed by atoms with Gasteiger partial charge in [-0.15, -0.1) is 0 Å². The highest BCUT2D eigenvalue weighted by Crippen LogP contribution is 2.38. The molecule has 0 unspecified atom stereocenters. The molecule has 0 bridgehead atoms. The van der Waals surface area contributed by atoms with Crippen LogP contribution in [0.4, 0.5) is 0 Å². The molecule has 6 nitrogen and oxygen atoms in total. The van der Waals surface area contributed by atoms with Crippen LogP contribution in [0.2, 0.25) is 0 Å². The Kier molecular flexibility index (Phi) is 5.49. The molecular formula is C23H24N2O4S. The van der Waals surface area contributed by atoms with Gasteiger partial charge in [-0.1, -0.05) is 36.4 Å². The highest BCUT2D eigenvalue weighted by atomic mass is 32.2. The summed E-state index contributed by atoms with van der Waals surface area (Å²) in [5, 5.41) is 3.10. The van der Waals surface area contributed by atoms with Crippen molar-refractivity contribution in [2.24, 2.45) is 0 Å². The number of nitrogens with zero attached hydrogens (tertiary/aromatic N) is 1. The van der Waals surface area contributed by atoms with E-state index in [2.05, 4.69) is 5.32 Å². The molecule has 30 heavy (non-hydrogen) atoms. The van der Waals surface area contributed by atoms with E-state index in [9.17, 15) is 13.2 Å². The SMILES string of the molecule is CN1Cc2c(cccc2-c2ccccc2-c2ccc(CNCCS(C)(=O)=O)o2)C1=O. The first kappa shape index (κ1) is 20.4. The molecule has 156 valence electrons. The molecular weight excluding hydrogens is 400 g/mol. The molecule has 0 saturated heterocycles. The standard InChI is InChI=1S/C23H24N2O4S/c1-25-15-21-18(8-5-9-20(21)23(25)26)17-6-3-4-7-19(17)22-11-10-16(29-22)14-24-12-13-30(2,27)28/h3-11,24H,12-15H2,1-2H3. The number of nitrogens with one attached hydrogen (secondary N) is 1. The van der Waals surface area contributed by atoms with Gasteiger partial charge in [0.25, 0.3) is 5.91 Å². The van der Waals surface area contributed by atoms with Crippen LogP contribution in [0, 0.1) is 0 Å². The predicted molar refractivity (Wildman–Crippen MR) is 117 cm³/mol. The van der Waals surface area contributed by atoms with Crippen molar-refractivity contribution in [2.75, 3.05) is 25.6 Å². The molecule has 1 aliphatic heterocycles. The van der Waals surface area contributed by atoms with Gasteiger partial charge in [-0.3, -0.25) is 4.79 Å². The summed E-state index contributed by atoms with van der Waals surface area (Å²) in [4.78, 5) is 14.1. The van der Waals surface area contributed by atoms with E-state index < -0.39 is 9.84 Å². The summed E-state index contributed by atoms with van der Waals surface area (Å²) < 4.78 is 28.5. The maximum Gasteiger partial charge on any atom is 0.254 e. The van der Waals surface area contributed by atoms with E-state index in [-0.39, 0.29) is 11.7 Å². The summed E-state index contributed by atoms with van der Waals surface area (Å²) in [6.45, 7) is 1.42. The number of sulfone groups is 1. The van der Waals surface area contributed by atoms with Gasteiger partial charge < -0.3 is 14.6 Å². The lowest BCUT2D eigenvalue weighted by Gasteiger charge is -2.12. The summed E-state index contributed by atoms with van der Waals surface area (Å²) in [7, 11) is -1.17. The van der Waals surface area contributed by atoms with Crippen LogP contribution in [-0.4, -0.2) is 44.8 Å². The number of fused-ring (bicyclic) bond motifs is 1. The molecule has 1 aliphatic rings. The average molecular weight is 425 g/mol. The van der Waals surface area contributed by atoms with Crippen molar-refractivity contribution < 1.29 is 17.6 Å². The zero-order chi connectivity index (χ0) is 21.3. The Labute approximate surface area is 176 Å². The summed E-state index contributed by atoms with van der Waals surface area (Å²) in [6.07, 6.45) is 1.22. The van der Waals surface area contributed by atoms with E-state index in [4.69, 9.17) is 4.42 Å². The van der Waals surface area contributed by atoms with Gasteiger partial charge in [-0.2, -0.15) is 0 Å². The van der Waals surface area contributed by atoms with E-state index in [1.54, 1.807) is 4.90 Å². The molecule has 1 amide bonds. The van der Waals surface area contributed by atoms with Crippen molar-refractivity contribution in [3.63, 3.8) is 0 Å². The number of hydrogen-bond acceptors (Lipinski definition) is 5. The third-order valence-corrected chi connectivity index (χ3v) is 6.19. The highest BCUT2D eigenvalue weighted by molar-refractivity contribution is 7.90. The van der Waals surface area contributed by atoms with Crippen LogP contribution in [0.25, 0.3) is 22.5 Å². The highest BCUT2D eigenvalue weighted by Gasteiger charge is 2.27. The molecule has 0 saturated carbocycles. The zero-order valence-corrected chi connectivity index (χ0v) is 17.8.